The first-order valence-corrected chi connectivity index (χ1v) is 8.05. The Morgan fingerprint density at radius 2 is 1.95 bits per heavy atom. The summed E-state index contributed by atoms with van der Waals surface area (Å²) in [5, 5.41) is 12.1. The average Bonchev–Trinajstić information content (AvgIpc) is 2.72. The summed E-state index contributed by atoms with van der Waals surface area (Å²) in [4.78, 5) is 0. The lowest BCUT2D eigenvalue weighted by Crippen LogP contribution is -2.18. The Morgan fingerprint density at radius 3 is 2.62 bits per heavy atom. The van der Waals surface area contributed by atoms with Gasteiger partial charge in [-0.3, -0.25) is 0 Å². The summed E-state index contributed by atoms with van der Waals surface area (Å²) in [5.74, 6) is 2.45. The SMILES string of the molecule is CC(C)C1CCCC(Nc2ccc(OCC#N)cc2)CC1. The van der Waals surface area contributed by atoms with Gasteiger partial charge >= 0.3 is 0 Å². The number of benzene rings is 1. The van der Waals surface area contributed by atoms with E-state index in [1.807, 2.05) is 30.3 Å². The van der Waals surface area contributed by atoms with Crippen LogP contribution in [0, 0.1) is 23.2 Å². The van der Waals surface area contributed by atoms with Gasteiger partial charge in [0, 0.05) is 11.7 Å². The van der Waals surface area contributed by atoms with E-state index in [1.54, 1.807) is 0 Å². The monoisotopic (exact) mass is 286 g/mol. The molecule has 3 heteroatoms. The van der Waals surface area contributed by atoms with E-state index in [0.717, 1.165) is 23.3 Å². The molecule has 0 radical (unpaired) electrons. The van der Waals surface area contributed by atoms with Crippen LogP contribution in [0.15, 0.2) is 24.3 Å². The highest BCUT2D eigenvalue weighted by Gasteiger charge is 2.20. The van der Waals surface area contributed by atoms with Crippen molar-refractivity contribution in [1.82, 2.24) is 0 Å². The van der Waals surface area contributed by atoms with Crippen molar-refractivity contribution in [3.63, 3.8) is 0 Å². The van der Waals surface area contributed by atoms with Crippen LogP contribution in [-0.2, 0) is 0 Å². The molecule has 21 heavy (non-hydrogen) atoms. The van der Waals surface area contributed by atoms with Gasteiger partial charge in [0.1, 0.15) is 11.8 Å². The molecular formula is C18H26N2O. The molecule has 1 N–H and O–H groups in total. The summed E-state index contributed by atoms with van der Waals surface area (Å²) in [5.41, 5.74) is 1.15. The van der Waals surface area contributed by atoms with Crippen LogP contribution in [0.1, 0.15) is 46.0 Å². The van der Waals surface area contributed by atoms with E-state index in [1.165, 1.54) is 32.1 Å². The number of hydrogen-bond acceptors (Lipinski definition) is 3. The number of hydrogen-bond donors (Lipinski definition) is 1. The average molecular weight is 286 g/mol. The Labute approximate surface area is 128 Å². The van der Waals surface area contributed by atoms with Gasteiger partial charge in [0.25, 0.3) is 0 Å². The highest BCUT2D eigenvalue weighted by atomic mass is 16.5. The van der Waals surface area contributed by atoms with Crippen LogP contribution < -0.4 is 10.1 Å². The Bertz CT molecular complexity index is 461. The fourth-order valence-corrected chi connectivity index (χ4v) is 3.14. The van der Waals surface area contributed by atoms with Crippen molar-refractivity contribution in [2.45, 2.75) is 52.0 Å². The molecule has 0 saturated heterocycles. The molecule has 0 aromatic heterocycles. The van der Waals surface area contributed by atoms with E-state index >= 15 is 0 Å². The fraction of sp³-hybridized carbons (Fsp3) is 0.611. The van der Waals surface area contributed by atoms with Crippen molar-refractivity contribution in [2.24, 2.45) is 11.8 Å². The van der Waals surface area contributed by atoms with Crippen LogP contribution in [0.25, 0.3) is 0 Å². The van der Waals surface area contributed by atoms with Crippen molar-refractivity contribution in [1.29, 1.82) is 5.26 Å². The molecular weight excluding hydrogens is 260 g/mol. The molecule has 1 aromatic rings. The first-order chi connectivity index (χ1) is 10.2. The zero-order valence-corrected chi connectivity index (χ0v) is 13.1. The predicted molar refractivity (Wildman–Crippen MR) is 86.4 cm³/mol. The molecule has 3 nitrogen and oxygen atoms in total. The van der Waals surface area contributed by atoms with Crippen molar-refractivity contribution >= 4 is 5.69 Å². The second kappa shape index (κ2) is 7.93. The van der Waals surface area contributed by atoms with Gasteiger partial charge in [-0.1, -0.05) is 26.7 Å². The lowest BCUT2D eigenvalue weighted by Gasteiger charge is -2.20. The number of rotatable bonds is 5. The molecule has 1 aliphatic rings. The molecule has 1 fully saturated rings. The summed E-state index contributed by atoms with van der Waals surface area (Å²) in [7, 11) is 0. The van der Waals surface area contributed by atoms with Gasteiger partial charge in [-0.15, -0.1) is 0 Å². The molecule has 2 unspecified atom stereocenters. The third-order valence-electron chi connectivity index (χ3n) is 4.48. The summed E-state index contributed by atoms with van der Waals surface area (Å²) in [6.07, 6.45) is 6.55. The minimum absolute atomic E-state index is 0.103. The van der Waals surface area contributed by atoms with E-state index < -0.39 is 0 Å². The quantitative estimate of drug-likeness (QED) is 0.804. The summed E-state index contributed by atoms with van der Waals surface area (Å²) >= 11 is 0. The zero-order valence-electron chi connectivity index (χ0n) is 13.1. The summed E-state index contributed by atoms with van der Waals surface area (Å²) < 4.78 is 5.27. The molecule has 2 atom stereocenters. The molecule has 1 aromatic carbocycles. The topological polar surface area (TPSA) is 45.0 Å². The van der Waals surface area contributed by atoms with Gasteiger partial charge in [-0.25, -0.2) is 0 Å². The maximum absolute atomic E-state index is 8.50. The van der Waals surface area contributed by atoms with E-state index in [0.29, 0.717) is 6.04 Å². The first-order valence-electron chi connectivity index (χ1n) is 8.05. The Hall–Kier alpha value is -1.69. The maximum Gasteiger partial charge on any atom is 0.174 e. The number of nitriles is 1. The lowest BCUT2D eigenvalue weighted by molar-refractivity contribution is 0.341. The minimum atomic E-state index is 0.103. The van der Waals surface area contributed by atoms with Crippen LogP contribution in [0.4, 0.5) is 5.69 Å². The van der Waals surface area contributed by atoms with Crippen LogP contribution >= 0.6 is 0 Å². The highest BCUT2D eigenvalue weighted by Crippen LogP contribution is 2.30. The number of ether oxygens (including phenoxy) is 1. The van der Waals surface area contributed by atoms with Gasteiger partial charge in [0.2, 0.25) is 0 Å². The smallest absolute Gasteiger partial charge is 0.174 e. The molecule has 0 bridgehead atoms. The van der Waals surface area contributed by atoms with Crippen LogP contribution in [-0.4, -0.2) is 12.6 Å². The molecule has 1 aliphatic carbocycles. The Balaban J connectivity index is 1.85. The lowest BCUT2D eigenvalue weighted by atomic mass is 9.89. The van der Waals surface area contributed by atoms with Crippen molar-refractivity contribution < 1.29 is 4.74 Å². The van der Waals surface area contributed by atoms with Crippen molar-refractivity contribution in [2.75, 3.05) is 11.9 Å². The third-order valence-corrected chi connectivity index (χ3v) is 4.48. The Kier molecular flexibility index (Phi) is 5.92. The number of nitrogens with one attached hydrogen (secondary N) is 1. The standard InChI is InChI=1S/C18H26N2O/c1-14(2)15-4-3-5-16(7-6-15)20-17-8-10-18(11-9-17)21-13-12-19/h8-11,14-16,20H,3-7,13H2,1-2H3. The van der Waals surface area contributed by atoms with Gasteiger partial charge in [-0.05, 0) is 55.4 Å². The second-order valence-corrected chi connectivity index (χ2v) is 6.32. The maximum atomic E-state index is 8.50. The van der Waals surface area contributed by atoms with Crippen molar-refractivity contribution in [3.8, 4) is 11.8 Å². The fourth-order valence-electron chi connectivity index (χ4n) is 3.14. The van der Waals surface area contributed by atoms with Crippen LogP contribution in [0.5, 0.6) is 5.75 Å². The van der Waals surface area contributed by atoms with Crippen LogP contribution in [0.3, 0.4) is 0 Å². The van der Waals surface area contributed by atoms with Gasteiger partial charge in [0.05, 0.1) is 0 Å². The molecule has 114 valence electrons. The molecule has 1 saturated carbocycles. The van der Waals surface area contributed by atoms with E-state index in [9.17, 15) is 0 Å². The van der Waals surface area contributed by atoms with Crippen molar-refractivity contribution in [3.05, 3.63) is 24.3 Å². The number of anilines is 1. The molecule has 2 rings (SSSR count). The third kappa shape index (κ3) is 4.97. The van der Waals surface area contributed by atoms with Gasteiger partial charge < -0.3 is 10.1 Å². The van der Waals surface area contributed by atoms with Crippen LogP contribution in [0.2, 0.25) is 0 Å². The highest BCUT2D eigenvalue weighted by molar-refractivity contribution is 5.47. The zero-order chi connectivity index (χ0) is 15.1. The second-order valence-electron chi connectivity index (χ2n) is 6.32. The molecule has 0 spiro atoms. The molecule has 0 aliphatic heterocycles. The van der Waals surface area contributed by atoms with Gasteiger partial charge in [-0.2, -0.15) is 5.26 Å². The largest absolute Gasteiger partial charge is 0.479 e. The predicted octanol–water partition coefficient (Wildman–Crippen LogP) is 4.61. The number of nitrogens with zero attached hydrogens (tertiary/aromatic N) is 1. The van der Waals surface area contributed by atoms with E-state index in [4.69, 9.17) is 10.00 Å². The first kappa shape index (κ1) is 15.7. The Morgan fingerprint density at radius 1 is 1.19 bits per heavy atom. The molecule has 0 amide bonds. The minimum Gasteiger partial charge on any atom is -0.479 e. The molecule has 0 heterocycles. The van der Waals surface area contributed by atoms with E-state index in [-0.39, 0.29) is 6.61 Å². The summed E-state index contributed by atoms with van der Waals surface area (Å²) in [6, 6.07) is 10.5. The van der Waals surface area contributed by atoms with Gasteiger partial charge in [0.15, 0.2) is 6.61 Å². The normalized spacial score (nSPS) is 22.4. The van der Waals surface area contributed by atoms with E-state index in [2.05, 4.69) is 19.2 Å². The summed E-state index contributed by atoms with van der Waals surface area (Å²) in [6.45, 7) is 4.79.